The Kier molecular flexibility index (Phi) is 6.60. The largest absolute Gasteiger partial charge is 0.480 e. The van der Waals surface area contributed by atoms with E-state index in [-0.39, 0.29) is 6.54 Å². The molecule has 0 spiro atoms. The molecule has 1 saturated carbocycles. The van der Waals surface area contributed by atoms with Gasteiger partial charge in [0.05, 0.1) is 6.54 Å². The first kappa shape index (κ1) is 18.0. The van der Waals surface area contributed by atoms with Crippen LogP contribution < -0.4 is 5.32 Å². The zero-order valence-electron chi connectivity index (χ0n) is 14.6. The number of aliphatic carboxylic acids is 1. The van der Waals surface area contributed by atoms with Crippen LogP contribution in [-0.4, -0.2) is 47.2 Å². The molecule has 4 nitrogen and oxygen atoms in total. The Balaban J connectivity index is 1.67. The van der Waals surface area contributed by atoms with Gasteiger partial charge in [0, 0.05) is 18.1 Å². The number of carboxylic acid groups (broad SMARTS) is 1. The number of aryl methyl sites for hydroxylation is 2. The summed E-state index contributed by atoms with van der Waals surface area (Å²) in [6.07, 6.45) is 4.37. The molecule has 1 aliphatic rings. The number of likely N-dealkylation sites (N-methyl/N-ethyl adjacent to an activating group) is 1. The SMILES string of the molecule is CCN(CC(=O)O)C1CC(NC(C)CCc2cccc(C)c2)C1. The molecule has 1 aromatic rings. The number of rotatable bonds is 9. The second-order valence-electron chi connectivity index (χ2n) is 6.87. The van der Waals surface area contributed by atoms with Gasteiger partial charge in [-0.25, -0.2) is 0 Å². The Labute approximate surface area is 139 Å². The lowest BCUT2D eigenvalue weighted by Crippen LogP contribution is -2.55. The normalized spacial score (nSPS) is 21.9. The van der Waals surface area contributed by atoms with E-state index in [4.69, 9.17) is 5.11 Å². The summed E-state index contributed by atoms with van der Waals surface area (Å²) in [5.74, 6) is -0.727. The molecule has 1 aromatic carbocycles. The molecule has 1 unspecified atom stereocenters. The number of nitrogens with zero attached hydrogens (tertiary/aromatic N) is 1. The number of benzene rings is 1. The molecule has 0 amide bonds. The second-order valence-corrected chi connectivity index (χ2v) is 6.87. The van der Waals surface area contributed by atoms with Crippen LogP contribution in [0.2, 0.25) is 0 Å². The van der Waals surface area contributed by atoms with E-state index in [1.54, 1.807) is 0 Å². The highest BCUT2D eigenvalue weighted by Gasteiger charge is 2.34. The van der Waals surface area contributed by atoms with Crippen LogP contribution in [0.25, 0.3) is 0 Å². The van der Waals surface area contributed by atoms with Crippen LogP contribution in [0.4, 0.5) is 0 Å². The van der Waals surface area contributed by atoms with Gasteiger partial charge in [-0.1, -0.05) is 36.8 Å². The van der Waals surface area contributed by atoms with E-state index in [2.05, 4.69) is 48.3 Å². The van der Waals surface area contributed by atoms with Crippen molar-refractivity contribution >= 4 is 5.97 Å². The quantitative estimate of drug-likeness (QED) is 0.735. The summed E-state index contributed by atoms with van der Waals surface area (Å²) in [5, 5.41) is 12.6. The van der Waals surface area contributed by atoms with E-state index in [1.165, 1.54) is 11.1 Å². The summed E-state index contributed by atoms with van der Waals surface area (Å²) >= 11 is 0. The van der Waals surface area contributed by atoms with Crippen molar-refractivity contribution in [2.24, 2.45) is 0 Å². The lowest BCUT2D eigenvalue weighted by atomic mass is 9.84. The average molecular weight is 318 g/mol. The van der Waals surface area contributed by atoms with E-state index >= 15 is 0 Å². The third-order valence-electron chi connectivity index (χ3n) is 4.84. The molecular weight excluding hydrogens is 288 g/mol. The summed E-state index contributed by atoms with van der Waals surface area (Å²) < 4.78 is 0. The monoisotopic (exact) mass is 318 g/mol. The van der Waals surface area contributed by atoms with Gasteiger partial charge in [0.1, 0.15) is 0 Å². The maximum absolute atomic E-state index is 10.9. The summed E-state index contributed by atoms with van der Waals surface area (Å²) in [4.78, 5) is 12.9. The standard InChI is InChI=1S/C19H30N2O2/c1-4-21(13-19(22)23)18-11-17(12-18)20-15(3)8-9-16-7-5-6-14(2)10-16/h5-7,10,15,17-18,20H,4,8-9,11-13H2,1-3H3,(H,22,23). The number of nitrogens with one attached hydrogen (secondary N) is 1. The molecule has 2 rings (SSSR count). The fraction of sp³-hybridized carbons (Fsp3) is 0.632. The first-order valence-electron chi connectivity index (χ1n) is 8.75. The Morgan fingerprint density at radius 3 is 2.78 bits per heavy atom. The summed E-state index contributed by atoms with van der Waals surface area (Å²) in [6, 6.07) is 10.2. The van der Waals surface area contributed by atoms with Crippen molar-refractivity contribution in [1.82, 2.24) is 10.2 Å². The molecule has 1 fully saturated rings. The van der Waals surface area contributed by atoms with Crippen LogP contribution >= 0.6 is 0 Å². The van der Waals surface area contributed by atoms with Gasteiger partial charge in [-0.15, -0.1) is 0 Å². The third-order valence-corrected chi connectivity index (χ3v) is 4.84. The molecule has 1 atom stereocenters. The number of carboxylic acids is 1. The van der Waals surface area contributed by atoms with E-state index < -0.39 is 5.97 Å². The molecule has 1 aliphatic carbocycles. The van der Waals surface area contributed by atoms with E-state index in [0.29, 0.717) is 18.1 Å². The van der Waals surface area contributed by atoms with Gasteiger partial charge < -0.3 is 10.4 Å². The lowest BCUT2D eigenvalue weighted by molar-refractivity contribution is -0.139. The van der Waals surface area contributed by atoms with Crippen molar-refractivity contribution in [2.45, 2.75) is 64.6 Å². The van der Waals surface area contributed by atoms with Crippen molar-refractivity contribution < 1.29 is 9.90 Å². The van der Waals surface area contributed by atoms with Crippen molar-refractivity contribution in [3.63, 3.8) is 0 Å². The van der Waals surface area contributed by atoms with Crippen molar-refractivity contribution in [1.29, 1.82) is 0 Å². The minimum absolute atomic E-state index is 0.163. The number of hydrogen-bond donors (Lipinski definition) is 2. The van der Waals surface area contributed by atoms with E-state index in [1.807, 2.05) is 6.92 Å². The molecular formula is C19H30N2O2. The first-order chi connectivity index (χ1) is 11.0. The molecule has 0 aliphatic heterocycles. The Morgan fingerprint density at radius 2 is 2.17 bits per heavy atom. The van der Waals surface area contributed by atoms with Gasteiger partial charge in [0.2, 0.25) is 0 Å². The van der Waals surface area contributed by atoms with Crippen LogP contribution in [0.1, 0.15) is 44.2 Å². The molecule has 23 heavy (non-hydrogen) atoms. The maximum Gasteiger partial charge on any atom is 0.317 e. The highest BCUT2D eigenvalue weighted by atomic mass is 16.4. The summed E-state index contributed by atoms with van der Waals surface area (Å²) in [5.41, 5.74) is 2.73. The third kappa shape index (κ3) is 5.63. The van der Waals surface area contributed by atoms with Gasteiger partial charge in [0.15, 0.2) is 0 Å². The van der Waals surface area contributed by atoms with E-state index in [9.17, 15) is 4.79 Å². The lowest BCUT2D eigenvalue weighted by Gasteiger charge is -2.43. The van der Waals surface area contributed by atoms with Crippen LogP contribution in [-0.2, 0) is 11.2 Å². The molecule has 0 heterocycles. The molecule has 4 heteroatoms. The van der Waals surface area contributed by atoms with Crippen molar-refractivity contribution in [2.75, 3.05) is 13.1 Å². The molecule has 0 bridgehead atoms. The predicted octanol–water partition coefficient (Wildman–Crippen LogP) is 2.84. The van der Waals surface area contributed by atoms with Crippen LogP contribution in [0.5, 0.6) is 0 Å². The minimum Gasteiger partial charge on any atom is -0.480 e. The van der Waals surface area contributed by atoms with Gasteiger partial charge in [-0.05, 0) is 51.6 Å². The van der Waals surface area contributed by atoms with Crippen LogP contribution in [0.15, 0.2) is 24.3 Å². The van der Waals surface area contributed by atoms with Crippen molar-refractivity contribution in [3.8, 4) is 0 Å². The average Bonchev–Trinajstić information content (AvgIpc) is 2.46. The molecule has 2 N–H and O–H groups in total. The van der Waals surface area contributed by atoms with E-state index in [0.717, 1.165) is 32.2 Å². The molecule has 0 saturated heterocycles. The fourth-order valence-corrected chi connectivity index (χ4v) is 3.43. The van der Waals surface area contributed by atoms with Gasteiger partial charge in [-0.2, -0.15) is 0 Å². The first-order valence-corrected chi connectivity index (χ1v) is 8.75. The summed E-state index contributed by atoms with van der Waals surface area (Å²) in [6.45, 7) is 7.39. The topological polar surface area (TPSA) is 52.6 Å². The predicted molar refractivity (Wildman–Crippen MR) is 93.8 cm³/mol. The number of hydrogen-bond acceptors (Lipinski definition) is 3. The highest BCUT2D eigenvalue weighted by molar-refractivity contribution is 5.69. The second kappa shape index (κ2) is 8.46. The minimum atomic E-state index is -0.727. The molecule has 128 valence electrons. The Morgan fingerprint density at radius 1 is 1.43 bits per heavy atom. The summed E-state index contributed by atoms with van der Waals surface area (Å²) in [7, 11) is 0. The molecule has 0 aromatic heterocycles. The van der Waals surface area contributed by atoms with Gasteiger partial charge in [-0.3, -0.25) is 9.69 Å². The zero-order chi connectivity index (χ0) is 16.8. The maximum atomic E-state index is 10.9. The smallest absolute Gasteiger partial charge is 0.317 e. The zero-order valence-corrected chi connectivity index (χ0v) is 14.6. The Bertz CT molecular complexity index is 512. The highest BCUT2D eigenvalue weighted by Crippen LogP contribution is 2.26. The van der Waals surface area contributed by atoms with Gasteiger partial charge in [0.25, 0.3) is 0 Å². The number of carbonyl (C=O) groups is 1. The van der Waals surface area contributed by atoms with Crippen molar-refractivity contribution in [3.05, 3.63) is 35.4 Å². The van der Waals surface area contributed by atoms with Crippen LogP contribution in [0.3, 0.4) is 0 Å². The van der Waals surface area contributed by atoms with Gasteiger partial charge >= 0.3 is 5.97 Å². The van der Waals surface area contributed by atoms with Crippen LogP contribution in [0, 0.1) is 6.92 Å². The fourth-order valence-electron chi connectivity index (χ4n) is 3.43. The Hall–Kier alpha value is -1.39. The molecule has 0 radical (unpaired) electrons.